The standard InChI is InChI=1S/C8H20N2O4P2Si/c1-4-13-17(3,14-5-2)8-6-7-12-9-10-15-16-11/h15H,4-8H2,1-3H3. The van der Waals surface area contributed by atoms with E-state index in [0.29, 0.717) is 19.8 Å². The van der Waals surface area contributed by atoms with E-state index in [1.54, 1.807) is 0 Å². The molecule has 0 saturated carbocycles. The highest BCUT2D eigenvalue weighted by molar-refractivity contribution is 8.05. The SMILES string of the molecule is CCO[Si](C)(CCCON=NPP=O)OCC. The van der Waals surface area contributed by atoms with Crippen molar-refractivity contribution < 1.29 is 18.3 Å². The molecule has 0 N–H and O–H groups in total. The minimum absolute atomic E-state index is 0.0241. The summed E-state index contributed by atoms with van der Waals surface area (Å²) in [5.41, 5.74) is 0. The molecule has 100 valence electrons. The molecule has 0 aliphatic carbocycles. The molecule has 0 aliphatic rings. The maximum Gasteiger partial charge on any atom is 0.335 e. The highest BCUT2D eigenvalue weighted by Crippen LogP contribution is 2.27. The van der Waals surface area contributed by atoms with Gasteiger partial charge < -0.3 is 13.7 Å². The Kier molecular flexibility index (Phi) is 11.2. The van der Waals surface area contributed by atoms with E-state index in [0.717, 1.165) is 12.5 Å². The van der Waals surface area contributed by atoms with Crippen LogP contribution in [0.3, 0.4) is 0 Å². The van der Waals surface area contributed by atoms with Gasteiger partial charge in [0.2, 0.25) is 8.15 Å². The van der Waals surface area contributed by atoms with Gasteiger partial charge >= 0.3 is 8.56 Å². The summed E-state index contributed by atoms with van der Waals surface area (Å²) in [4.78, 5) is 8.47. The highest BCUT2D eigenvalue weighted by Gasteiger charge is 2.29. The predicted molar refractivity (Wildman–Crippen MR) is 71.0 cm³/mol. The summed E-state index contributed by atoms with van der Waals surface area (Å²) in [6, 6.07) is 0.867. The first-order valence-corrected chi connectivity index (χ1v) is 10.7. The van der Waals surface area contributed by atoms with Crippen molar-refractivity contribution in [3.8, 4) is 0 Å². The predicted octanol–water partition coefficient (Wildman–Crippen LogP) is 3.71. The molecule has 1 unspecified atom stereocenters. The van der Waals surface area contributed by atoms with Crippen molar-refractivity contribution in [1.29, 1.82) is 0 Å². The van der Waals surface area contributed by atoms with Gasteiger partial charge in [0.05, 0.1) is 0 Å². The van der Waals surface area contributed by atoms with E-state index in [2.05, 4.69) is 16.7 Å². The fourth-order valence-electron chi connectivity index (χ4n) is 1.36. The minimum Gasteiger partial charge on any atom is -0.395 e. The number of nitrogens with zero attached hydrogens (tertiary/aromatic N) is 2. The smallest absolute Gasteiger partial charge is 0.335 e. The first-order chi connectivity index (χ1) is 8.18. The molecule has 0 fully saturated rings. The molecule has 0 amide bonds. The lowest BCUT2D eigenvalue weighted by atomic mass is 10.5. The summed E-state index contributed by atoms with van der Waals surface area (Å²) < 4.78 is 21.4. The molecular formula is C8H20N2O4P2Si. The van der Waals surface area contributed by atoms with E-state index in [-0.39, 0.29) is 16.6 Å². The zero-order chi connectivity index (χ0) is 13.0. The summed E-state index contributed by atoms with van der Waals surface area (Å²) in [5, 5.41) is 3.44. The first-order valence-electron chi connectivity index (χ1n) is 5.55. The van der Waals surface area contributed by atoms with E-state index < -0.39 is 8.56 Å². The quantitative estimate of drug-likeness (QED) is 0.192. The van der Waals surface area contributed by atoms with Crippen molar-refractivity contribution >= 4 is 25.1 Å². The Labute approximate surface area is 107 Å². The van der Waals surface area contributed by atoms with Crippen molar-refractivity contribution in [2.75, 3.05) is 19.8 Å². The van der Waals surface area contributed by atoms with Crippen LogP contribution in [0.1, 0.15) is 20.3 Å². The van der Waals surface area contributed by atoms with E-state index in [9.17, 15) is 4.57 Å². The van der Waals surface area contributed by atoms with Crippen LogP contribution in [-0.2, 0) is 18.3 Å². The van der Waals surface area contributed by atoms with Crippen LogP contribution in [0.25, 0.3) is 0 Å². The summed E-state index contributed by atoms with van der Waals surface area (Å²) in [7, 11) is -2.13. The lowest BCUT2D eigenvalue weighted by Gasteiger charge is -2.25. The summed E-state index contributed by atoms with van der Waals surface area (Å²) in [5.74, 6) is 0. The molecule has 0 aromatic heterocycles. The molecule has 0 bridgehead atoms. The Bertz CT molecular complexity index is 228. The van der Waals surface area contributed by atoms with Gasteiger partial charge in [-0.25, -0.2) is 0 Å². The van der Waals surface area contributed by atoms with Crippen LogP contribution in [0, 0.1) is 0 Å². The largest absolute Gasteiger partial charge is 0.395 e. The molecule has 9 heteroatoms. The molecule has 0 radical (unpaired) electrons. The first kappa shape index (κ1) is 17.1. The van der Waals surface area contributed by atoms with Gasteiger partial charge in [0.15, 0.2) is 0 Å². The average molecular weight is 298 g/mol. The van der Waals surface area contributed by atoms with E-state index in [1.165, 1.54) is 0 Å². The third-order valence-electron chi connectivity index (χ3n) is 1.95. The third kappa shape index (κ3) is 9.74. The zero-order valence-corrected chi connectivity index (χ0v) is 13.4. The van der Waals surface area contributed by atoms with Gasteiger partial charge in [0, 0.05) is 18.5 Å². The fourth-order valence-corrected chi connectivity index (χ4v) is 4.09. The van der Waals surface area contributed by atoms with Crippen LogP contribution in [0.5, 0.6) is 0 Å². The zero-order valence-electron chi connectivity index (χ0n) is 10.5. The van der Waals surface area contributed by atoms with Crippen LogP contribution in [0.2, 0.25) is 12.6 Å². The van der Waals surface area contributed by atoms with Gasteiger partial charge in [0.25, 0.3) is 0 Å². The number of rotatable bonds is 11. The van der Waals surface area contributed by atoms with Gasteiger partial charge in [-0.1, -0.05) is 0 Å². The van der Waals surface area contributed by atoms with Crippen molar-refractivity contribution in [3.05, 3.63) is 0 Å². The average Bonchev–Trinajstić information content (AvgIpc) is 2.28. The summed E-state index contributed by atoms with van der Waals surface area (Å²) >= 11 is 0. The van der Waals surface area contributed by atoms with Gasteiger partial charge in [-0.3, -0.25) is 4.57 Å². The Hall–Kier alpha value is 0.0669. The lowest BCUT2D eigenvalue weighted by Crippen LogP contribution is -2.38. The molecule has 1 atom stereocenters. The van der Waals surface area contributed by atoms with Crippen molar-refractivity contribution in [2.24, 2.45) is 10.2 Å². The van der Waals surface area contributed by atoms with Crippen molar-refractivity contribution in [3.63, 3.8) is 0 Å². The molecule has 17 heavy (non-hydrogen) atoms. The highest BCUT2D eigenvalue weighted by atomic mass is 32.0. The maximum absolute atomic E-state index is 10.0. The van der Waals surface area contributed by atoms with E-state index in [1.807, 2.05) is 13.8 Å². The van der Waals surface area contributed by atoms with Gasteiger partial charge in [-0.15, -0.1) is 4.88 Å². The summed E-state index contributed by atoms with van der Waals surface area (Å²) in [6.45, 7) is 7.82. The van der Waals surface area contributed by atoms with Crippen LogP contribution in [0.4, 0.5) is 0 Å². The molecule has 6 nitrogen and oxygen atoms in total. The van der Waals surface area contributed by atoms with Crippen LogP contribution >= 0.6 is 16.6 Å². The Morgan fingerprint density at radius 1 is 1.29 bits per heavy atom. The van der Waals surface area contributed by atoms with Crippen LogP contribution in [0.15, 0.2) is 10.2 Å². The van der Waals surface area contributed by atoms with Crippen LogP contribution < -0.4 is 0 Å². The second-order valence-corrected chi connectivity index (χ2v) is 8.38. The second kappa shape index (κ2) is 11.2. The van der Waals surface area contributed by atoms with Crippen LogP contribution in [-0.4, -0.2) is 28.4 Å². The fraction of sp³-hybridized carbons (Fsp3) is 1.00. The topological polar surface area (TPSA) is 69.5 Å². The molecule has 0 aromatic carbocycles. The van der Waals surface area contributed by atoms with Crippen molar-refractivity contribution in [2.45, 2.75) is 32.9 Å². The summed E-state index contributed by atoms with van der Waals surface area (Å²) in [6.07, 6.45) is 0.819. The van der Waals surface area contributed by atoms with Gasteiger partial charge in [-0.2, -0.15) is 0 Å². The Morgan fingerprint density at radius 2 is 1.94 bits per heavy atom. The Morgan fingerprint density at radius 3 is 2.47 bits per heavy atom. The molecule has 0 heterocycles. The molecule has 0 saturated heterocycles. The van der Waals surface area contributed by atoms with Crippen molar-refractivity contribution in [1.82, 2.24) is 0 Å². The number of hydrogen-bond acceptors (Lipinski definition) is 6. The molecule has 0 aromatic rings. The van der Waals surface area contributed by atoms with Gasteiger partial charge in [-0.05, 0) is 32.9 Å². The van der Waals surface area contributed by atoms with Gasteiger partial charge in [0.1, 0.15) is 15.0 Å². The maximum atomic E-state index is 10.0. The molecule has 0 rings (SSSR count). The molecule has 0 spiro atoms. The molecule has 0 aliphatic heterocycles. The third-order valence-corrected chi connectivity index (χ3v) is 5.78. The minimum atomic E-state index is -2.03. The van der Waals surface area contributed by atoms with E-state index in [4.69, 9.17) is 13.7 Å². The second-order valence-electron chi connectivity index (χ2n) is 3.31. The lowest BCUT2D eigenvalue weighted by molar-refractivity contribution is 0.123. The normalized spacial score (nSPS) is 13.1. The monoisotopic (exact) mass is 298 g/mol. The Balaban J connectivity index is 3.70. The molecular weight excluding hydrogens is 278 g/mol. The number of hydrogen-bond donors (Lipinski definition) is 0. The van der Waals surface area contributed by atoms with E-state index >= 15 is 0 Å².